The summed E-state index contributed by atoms with van der Waals surface area (Å²) in [5.74, 6) is -0.391. The van der Waals surface area contributed by atoms with Crippen LogP contribution in [0.3, 0.4) is 0 Å². The molecular weight excluding hydrogens is 321 g/mol. The molecule has 110 valence electrons. The average Bonchev–Trinajstić information content (AvgIpc) is 2.90. The van der Waals surface area contributed by atoms with Crippen molar-refractivity contribution in [3.63, 3.8) is 0 Å². The highest BCUT2D eigenvalue weighted by atomic mass is 35.5. The van der Waals surface area contributed by atoms with Gasteiger partial charge in [0.2, 0.25) is 0 Å². The zero-order valence-electron chi connectivity index (χ0n) is 11.3. The highest BCUT2D eigenvalue weighted by Crippen LogP contribution is 2.20. The number of H-pyrrole nitrogens is 1. The molecular formula is C16H11Cl2N3O. The minimum atomic E-state index is -0.391. The van der Waals surface area contributed by atoms with Gasteiger partial charge in [0.25, 0.3) is 5.91 Å². The molecule has 0 aliphatic carbocycles. The van der Waals surface area contributed by atoms with Crippen molar-refractivity contribution in [1.29, 1.82) is 0 Å². The predicted octanol–water partition coefficient (Wildman–Crippen LogP) is 4.24. The van der Waals surface area contributed by atoms with Crippen LogP contribution in [0.2, 0.25) is 10.0 Å². The number of aromatic nitrogens is 1. The zero-order chi connectivity index (χ0) is 15.5. The molecule has 0 atom stereocenters. The fourth-order valence-corrected chi connectivity index (χ4v) is 2.59. The fourth-order valence-electron chi connectivity index (χ4n) is 2.10. The monoisotopic (exact) mass is 331 g/mol. The van der Waals surface area contributed by atoms with Gasteiger partial charge in [0.1, 0.15) is 0 Å². The van der Waals surface area contributed by atoms with Gasteiger partial charge in [-0.1, -0.05) is 41.4 Å². The maximum Gasteiger partial charge on any atom is 0.272 e. The van der Waals surface area contributed by atoms with Crippen molar-refractivity contribution in [2.75, 3.05) is 0 Å². The highest BCUT2D eigenvalue weighted by Gasteiger charge is 2.09. The Labute approximate surface area is 136 Å². The van der Waals surface area contributed by atoms with Crippen LogP contribution in [0.25, 0.3) is 10.9 Å². The van der Waals surface area contributed by atoms with Crippen molar-refractivity contribution in [1.82, 2.24) is 10.4 Å². The lowest BCUT2D eigenvalue weighted by Crippen LogP contribution is -2.17. The van der Waals surface area contributed by atoms with Gasteiger partial charge in [0.15, 0.2) is 0 Å². The summed E-state index contributed by atoms with van der Waals surface area (Å²) in [5.41, 5.74) is 4.67. The molecule has 3 rings (SSSR count). The van der Waals surface area contributed by atoms with Crippen LogP contribution in [-0.4, -0.2) is 17.1 Å². The molecule has 0 saturated carbocycles. The number of hydrogen-bond donors (Lipinski definition) is 2. The average molecular weight is 332 g/mol. The van der Waals surface area contributed by atoms with Crippen LogP contribution in [0.15, 0.2) is 53.8 Å². The first kappa shape index (κ1) is 14.6. The lowest BCUT2D eigenvalue weighted by Gasteiger charge is -2.02. The van der Waals surface area contributed by atoms with Crippen molar-refractivity contribution >= 4 is 46.2 Å². The Bertz CT molecular complexity index is 871. The summed E-state index contributed by atoms with van der Waals surface area (Å²) in [4.78, 5) is 15.1. The summed E-state index contributed by atoms with van der Waals surface area (Å²) in [6.45, 7) is 0. The molecule has 1 aromatic heterocycles. The van der Waals surface area contributed by atoms with Crippen molar-refractivity contribution in [3.8, 4) is 0 Å². The summed E-state index contributed by atoms with van der Waals surface area (Å²) >= 11 is 11.8. The maximum atomic E-state index is 12.0. The van der Waals surface area contributed by atoms with Crippen molar-refractivity contribution in [3.05, 3.63) is 69.8 Å². The Balaban J connectivity index is 1.75. The molecule has 0 aliphatic rings. The molecule has 0 spiro atoms. The smallest absolute Gasteiger partial charge is 0.272 e. The standard InChI is InChI=1S/C16H11Cl2N3O/c17-11-5-6-13(14(18)7-11)16(22)21-20-9-10-8-19-15-4-2-1-3-12(10)15/h1-9,19H,(H,21,22). The number of aromatic amines is 1. The van der Waals surface area contributed by atoms with E-state index in [9.17, 15) is 4.79 Å². The predicted molar refractivity (Wildman–Crippen MR) is 89.8 cm³/mol. The Kier molecular flexibility index (Phi) is 4.13. The van der Waals surface area contributed by atoms with Gasteiger partial charge < -0.3 is 4.98 Å². The highest BCUT2D eigenvalue weighted by molar-refractivity contribution is 6.36. The van der Waals surface area contributed by atoms with E-state index in [0.29, 0.717) is 10.6 Å². The van der Waals surface area contributed by atoms with Crippen LogP contribution in [-0.2, 0) is 0 Å². The summed E-state index contributed by atoms with van der Waals surface area (Å²) in [7, 11) is 0. The number of halogens is 2. The van der Waals surface area contributed by atoms with E-state index in [0.717, 1.165) is 16.5 Å². The first-order valence-electron chi connectivity index (χ1n) is 6.50. The van der Waals surface area contributed by atoms with Crippen molar-refractivity contribution in [2.24, 2.45) is 5.10 Å². The Morgan fingerprint density at radius 2 is 2.00 bits per heavy atom. The first-order valence-corrected chi connectivity index (χ1v) is 7.25. The van der Waals surface area contributed by atoms with Crippen LogP contribution < -0.4 is 5.43 Å². The van der Waals surface area contributed by atoms with Crippen LogP contribution in [0.4, 0.5) is 0 Å². The van der Waals surface area contributed by atoms with Crippen LogP contribution in [0, 0.1) is 0 Å². The van der Waals surface area contributed by atoms with Crippen LogP contribution >= 0.6 is 23.2 Å². The van der Waals surface area contributed by atoms with Crippen molar-refractivity contribution < 1.29 is 4.79 Å². The van der Waals surface area contributed by atoms with Gasteiger partial charge in [0.05, 0.1) is 16.8 Å². The molecule has 0 unspecified atom stereocenters. The molecule has 0 fully saturated rings. The number of hydrogen-bond acceptors (Lipinski definition) is 2. The third-order valence-electron chi connectivity index (χ3n) is 3.17. The SMILES string of the molecule is O=C(NN=Cc1c[nH]c2ccccc12)c1ccc(Cl)cc1Cl. The molecule has 22 heavy (non-hydrogen) atoms. The van der Waals surface area contributed by atoms with Gasteiger partial charge in [-0.15, -0.1) is 0 Å². The number of rotatable bonds is 3. The minimum Gasteiger partial charge on any atom is -0.361 e. The second-order valence-corrected chi connectivity index (χ2v) is 5.46. The second-order valence-electron chi connectivity index (χ2n) is 4.61. The molecule has 1 heterocycles. The largest absolute Gasteiger partial charge is 0.361 e. The summed E-state index contributed by atoms with van der Waals surface area (Å²) < 4.78 is 0. The number of carbonyl (C=O) groups excluding carboxylic acids is 1. The number of amides is 1. The normalized spacial score (nSPS) is 11.2. The van der Waals surface area contributed by atoms with E-state index in [1.165, 1.54) is 6.07 Å². The topological polar surface area (TPSA) is 57.2 Å². The number of para-hydroxylation sites is 1. The Morgan fingerprint density at radius 1 is 1.18 bits per heavy atom. The number of carbonyl (C=O) groups is 1. The Hall–Kier alpha value is -2.30. The van der Waals surface area contributed by atoms with Gasteiger partial charge in [-0.2, -0.15) is 5.10 Å². The van der Waals surface area contributed by atoms with E-state index >= 15 is 0 Å². The first-order chi connectivity index (χ1) is 10.6. The molecule has 0 saturated heterocycles. The third-order valence-corrected chi connectivity index (χ3v) is 3.71. The summed E-state index contributed by atoms with van der Waals surface area (Å²) in [6.07, 6.45) is 3.41. The third kappa shape index (κ3) is 2.98. The second kappa shape index (κ2) is 6.22. The van der Waals surface area contributed by atoms with E-state index < -0.39 is 5.91 Å². The molecule has 1 amide bonds. The molecule has 2 aromatic carbocycles. The van der Waals surface area contributed by atoms with E-state index in [1.54, 1.807) is 18.3 Å². The molecule has 0 aliphatic heterocycles. The van der Waals surface area contributed by atoms with Gasteiger partial charge in [-0.05, 0) is 24.3 Å². The Morgan fingerprint density at radius 3 is 2.82 bits per heavy atom. The number of fused-ring (bicyclic) bond motifs is 1. The van der Waals surface area contributed by atoms with Gasteiger partial charge in [-0.25, -0.2) is 5.43 Å². The number of hydrazone groups is 1. The van der Waals surface area contributed by atoms with Gasteiger partial charge >= 0.3 is 0 Å². The fraction of sp³-hybridized carbons (Fsp3) is 0. The maximum absolute atomic E-state index is 12.0. The van der Waals surface area contributed by atoms with Gasteiger partial charge in [-0.3, -0.25) is 4.79 Å². The van der Waals surface area contributed by atoms with E-state index in [4.69, 9.17) is 23.2 Å². The quantitative estimate of drug-likeness (QED) is 0.547. The summed E-state index contributed by atoms with van der Waals surface area (Å²) in [5, 5.41) is 5.76. The van der Waals surface area contributed by atoms with E-state index in [1.807, 2.05) is 30.5 Å². The molecule has 4 nitrogen and oxygen atoms in total. The molecule has 0 radical (unpaired) electrons. The van der Waals surface area contributed by atoms with Crippen LogP contribution in [0.1, 0.15) is 15.9 Å². The molecule has 3 aromatic rings. The molecule has 0 bridgehead atoms. The number of benzene rings is 2. The van der Waals surface area contributed by atoms with Crippen molar-refractivity contribution in [2.45, 2.75) is 0 Å². The van der Waals surface area contributed by atoms with Gasteiger partial charge in [0, 0.05) is 27.7 Å². The number of nitrogens with one attached hydrogen (secondary N) is 2. The zero-order valence-corrected chi connectivity index (χ0v) is 12.8. The molecule has 6 heteroatoms. The lowest BCUT2D eigenvalue weighted by atomic mass is 10.2. The molecule has 2 N–H and O–H groups in total. The van der Waals surface area contributed by atoms with E-state index in [2.05, 4.69) is 15.5 Å². The minimum absolute atomic E-state index is 0.285. The summed E-state index contributed by atoms with van der Waals surface area (Å²) in [6, 6.07) is 12.5. The van der Waals surface area contributed by atoms with E-state index in [-0.39, 0.29) is 5.02 Å². The lowest BCUT2D eigenvalue weighted by molar-refractivity contribution is 0.0955. The number of nitrogens with zero attached hydrogens (tertiary/aromatic N) is 1. The van der Waals surface area contributed by atoms with Crippen LogP contribution in [0.5, 0.6) is 0 Å².